The van der Waals surface area contributed by atoms with Crippen molar-refractivity contribution < 1.29 is 0 Å². The zero-order chi connectivity index (χ0) is 28.8. The van der Waals surface area contributed by atoms with E-state index in [1.807, 2.05) is 6.20 Å². The van der Waals surface area contributed by atoms with Crippen molar-refractivity contribution in [1.29, 1.82) is 0 Å². The van der Waals surface area contributed by atoms with Crippen molar-refractivity contribution in [3.8, 4) is 44.6 Å². The molecule has 10 rings (SSSR count). The molecule has 3 aromatic heterocycles. The van der Waals surface area contributed by atoms with Crippen molar-refractivity contribution in [2.24, 2.45) is 0 Å². The molecule has 0 aliphatic heterocycles. The molecule has 1 aliphatic rings. The van der Waals surface area contributed by atoms with E-state index in [2.05, 4.69) is 144 Å². The summed E-state index contributed by atoms with van der Waals surface area (Å²) >= 11 is 0. The van der Waals surface area contributed by atoms with Crippen molar-refractivity contribution in [2.75, 3.05) is 0 Å². The molecule has 9 aromatic rings. The first kappa shape index (κ1) is 23.8. The first-order valence-corrected chi connectivity index (χ1v) is 15.3. The summed E-state index contributed by atoms with van der Waals surface area (Å²) < 4.78 is 2.46. The van der Waals surface area contributed by atoms with Crippen molar-refractivity contribution in [1.82, 2.24) is 9.38 Å². The summed E-state index contributed by atoms with van der Waals surface area (Å²) in [6, 6.07) is 51.1. The van der Waals surface area contributed by atoms with Crippen molar-refractivity contribution in [3.63, 3.8) is 0 Å². The predicted molar refractivity (Wildman–Crippen MR) is 183 cm³/mol. The monoisotopic (exact) mass is 558 g/mol. The third-order valence-electron chi connectivity index (χ3n) is 9.60. The summed E-state index contributed by atoms with van der Waals surface area (Å²) in [6.07, 6.45) is 2.88. The summed E-state index contributed by atoms with van der Waals surface area (Å²) in [5.74, 6) is 0. The average Bonchev–Trinajstić information content (AvgIpc) is 3.75. The summed E-state index contributed by atoms with van der Waals surface area (Å²) in [5, 5.41) is 5.22. The van der Waals surface area contributed by atoms with Gasteiger partial charge in [-0.15, -0.1) is 0 Å². The van der Waals surface area contributed by atoms with E-state index in [1.54, 1.807) is 0 Å². The Bertz CT molecular complexity index is 2570. The Labute approximate surface area is 254 Å². The van der Waals surface area contributed by atoms with E-state index in [9.17, 15) is 0 Å². The van der Waals surface area contributed by atoms with E-state index < -0.39 is 0 Å². The smallest absolute Gasteiger partial charge is 0.0743 e. The van der Waals surface area contributed by atoms with E-state index in [1.165, 1.54) is 82.6 Å². The fourth-order valence-electron chi connectivity index (χ4n) is 7.64. The normalized spacial score (nSPS) is 12.5. The molecule has 0 N–H and O–H groups in total. The van der Waals surface area contributed by atoms with Crippen LogP contribution in [-0.2, 0) is 6.42 Å². The summed E-state index contributed by atoms with van der Waals surface area (Å²) in [7, 11) is 0. The second-order valence-electron chi connectivity index (χ2n) is 12.0. The van der Waals surface area contributed by atoms with Gasteiger partial charge in [0.05, 0.1) is 22.2 Å². The number of nitrogens with zero attached hydrogens (tertiary/aromatic N) is 2. The van der Waals surface area contributed by atoms with Gasteiger partial charge in [0.1, 0.15) is 0 Å². The molecule has 0 radical (unpaired) electrons. The Hall–Kier alpha value is -5.73. The standard InChI is InChI=1S/C42H26N2/c1-2-9-26(10-3-1)29-21-30(23-31(22-29)41-38-24-28-11-4-5-12-32(28)33(38)19-20-43-41)27-17-18-35-37-15-8-14-36-34-13-6-7-16-39(34)44(42(36)37)40(35)25-27/h1-23,25H,24H2. The number of hydrogen-bond donors (Lipinski definition) is 0. The minimum atomic E-state index is 0.910. The Balaban J connectivity index is 1.23. The van der Waals surface area contributed by atoms with Gasteiger partial charge in [-0.05, 0) is 80.9 Å². The second-order valence-corrected chi connectivity index (χ2v) is 12.0. The van der Waals surface area contributed by atoms with Crippen LogP contribution in [0.15, 0.2) is 146 Å². The largest absolute Gasteiger partial charge is 0.308 e. The Morgan fingerprint density at radius 1 is 0.455 bits per heavy atom. The quantitative estimate of drug-likeness (QED) is 0.211. The highest BCUT2D eigenvalue weighted by Gasteiger charge is 2.23. The number of hydrogen-bond acceptors (Lipinski definition) is 1. The van der Waals surface area contributed by atoms with Gasteiger partial charge in [0, 0.05) is 39.7 Å². The van der Waals surface area contributed by atoms with E-state index in [-0.39, 0.29) is 0 Å². The van der Waals surface area contributed by atoms with Crippen molar-refractivity contribution in [2.45, 2.75) is 6.42 Å². The SMILES string of the molecule is c1ccc(-c2cc(-c3ccc4c5cccc6c7ccccc7n(c4c3)c65)cc(-c3nccc4c3Cc3ccccc3-4)c2)cc1. The van der Waals surface area contributed by atoms with E-state index >= 15 is 0 Å². The van der Waals surface area contributed by atoms with Crippen molar-refractivity contribution >= 4 is 38.1 Å². The highest BCUT2D eigenvalue weighted by molar-refractivity contribution is 6.23. The Morgan fingerprint density at radius 2 is 1.16 bits per heavy atom. The van der Waals surface area contributed by atoms with Crippen LogP contribution in [0, 0.1) is 0 Å². The molecule has 0 atom stereocenters. The third-order valence-corrected chi connectivity index (χ3v) is 9.60. The van der Waals surface area contributed by atoms with E-state index in [0.29, 0.717) is 0 Å². The number of rotatable bonds is 3. The van der Waals surface area contributed by atoms with Crippen LogP contribution in [0.25, 0.3) is 82.7 Å². The second kappa shape index (κ2) is 8.89. The van der Waals surface area contributed by atoms with Crippen LogP contribution in [-0.4, -0.2) is 9.38 Å². The molecule has 0 fully saturated rings. The van der Waals surface area contributed by atoms with Crippen molar-refractivity contribution in [3.05, 3.63) is 157 Å². The van der Waals surface area contributed by atoms with Crippen LogP contribution in [0.4, 0.5) is 0 Å². The van der Waals surface area contributed by atoms with E-state index in [4.69, 9.17) is 4.98 Å². The predicted octanol–water partition coefficient (Wildman–Crippen LogP) is 10.8. The number of pyridine rings is 1. The van der Waals surface area contributed by atoms with Gasteiger partial charge in [0.25, 0.3) is 0 Å². The van der Waals surface area contributed by atoms with Crippen LogP contribution in [0.1, 0.15) is 11.1 Å². The zero-order valence-corrected chi connectivity index (χ0v) is 24.0. The molecule has 3 heterocycles. The first-order chi connectivity index (χ1) is 21.8. The highest BCUT2D eigenvalue weighted by atomic mass is 14.9. The highest BCUT2D eigenvalue weighted by Crippen LogP contribution is 2.43. The number of para-hydroxylation sites is 2. The third kappa shape index (κ3) is 3.28. The van der Waals surface area contributed by atoms with E-state index in [0.717, 1.165) is 17.7 Å². The van der Waals surface area contributed by atoms with Gasteiger partial charge >= 0.3 is 0 Å². The lowest BCUT2D eigenvalue weighted by Crippen LogP contribution is -1.94. The maximum Gasteiger partial charge on any atom is 0.0743 e. The number of benzene rings is 6. The summed E-state index contributed by atoms with van der Waals surface area (Å²) in [6.45, 7) is 0. The van der Waals surface area contributed by atoms with Gasteiger partial charge < -0.3 is 4.40 Å². The molecule has 0 unspecified atom stereocenters. The topological polar surface area (TPSA) is 17.3 Å². The first-order valence-electron chi connectivity index (χ1n) is 15.3. The van der Waals surface area contributed by atoms with Gasteiger partial charge in [0.2, 0.25) is 0 Å². The number of aromatic nitrogens is 2. The summed E-state index contributed by atoms with van der Waals surface area (Å²) in [4.78, 5) is 5.01. The van der Waals surface area contributed by atoms with Crippen LogP contribution >= 0.6 is 0 Å². The molecule has 204 valence electrons. The Kier molecular flexibility index (Phi) is 4.81. The van der Waals surface area contributed by atoms with Crippen LogP contribution in [0.5, 0.6) is 0 Å². The maximum absolute atomic E-state index is 5.01. The van der Waals surface area contributed by atoms with Crippen LogP contribution < -0.4 is 0 Å². The van der Waals surface area contributed by atoms with Gasteiger partial charge in [-0.25, -0.2) is 0 Å². The molecule has 1 aliphatic carbocycles. The van der Waals surface area contributed by atoms with Crippen LogP contribution in [0.3, 0.4) is 0 Å². The van der Waals surface area contributed by atoms with Crippen LogP contribution in [0.2, 0.25) is 0 Å². The molecule has 6 aromatic carbocycles. The Morgan fingerprint density at radius 3 is 2.05 bits per heavy atom. The lowest BCUT2D eigenvalue weighted by atomic mass is 9.92. The molecule has 2 heteroatoms. The van der Waals surface area contributed by atoms with Gasteiger partial charge in [0.15, 0.2) is 0 Å². The molecular weight excluding hydrogens is 532 g/mol. The average molecular weight is 559 g/mol. The minimum Gasteiger partial charge on any atom is -0.308 e. The van der Waals surface area contributed by atoms with Gasteiger partial charge in [-0.2, -0.15) is 0 Å². The lowest BCUT2D eigenvalue weighted by molar-refractivity contribution is 1.20. The van der Waals surface area contributed by atoms with Gasteiger partial charge in [-0.1, -0.05) is 103 Å². The lowest BCUT2D eigenvalue weighted by Gasteiger charge is -2.13. The fourth-order valence-corrected chi connectivity index (χ4v) is 7.64. The molecule has 0 saturated carbocycles. The molecule has 44 heavy (non-hydrogen) atoms. The molecule has 0 spiro atoms. The van der Waals surface area contributed by atoms with Gasteiger partial charge in [-0.3, -0.25) is 4.98 Å². The number of fused-ring (bicyclic) bond motifs is 9. The maximum atomic E-state index is 5.01. The molecule has 0 saturated heterocycles. The molecule has 2 nitrogen and oxygen atoms in total. The minimum absolute atomic E-state index is 0.910. The summed E-state index contributed by atoms with van der Waals surface area (Å²) in [5.41, 5.74) is 16.2. The molecule has 0 amide bonds. The molecule has 0 bridgehead atoms. The zero-order valence-electron chi connectivity index (χ0n) is 24.0. The fraction of sp³-hybridized carbons (Fsp3) is 0.0238. The molecular formula is C42H26N2.